The van der Waals surface area contributed by atoms with Gasteiger partial charge in [-0.25, -0.2) is 0 Å². The van der Waals surface area contributed by atoms with Crippen LogP contribution < -0.4 is 10.2 Å². The van der Waals surface area contributed by atoms with E-state index in [2.05, 4.69) is 15.5 Å². The quantitative estimate of drug-likeness (QED) is 0.336. The molecular formula is C25H21N5O2S2. The maximum atomic E-state index is 12.7. The number of anilines is 1. The third-order valence-electron chi connectivity index (χ3n) is 5.32. The summed E-state index contributed by atoms with van der Waals surface area (Å²) in [4.78, 5) is 25.2. The summed E-state index contributed by atoms with van der Waals surface area (Å²) in [6, 6.07) is 25.0. The van der Waals surface area contributed by atoms with Gasteiger partial charge in [0.25, 0.3) is 0 Å². The number of nitrogens with zero attached hydrogens (tertiary/aromatic N) is 4. The van der Waals surface area contributed by atoms with Crippen LogP contribution in [0.3, 0.4) is 0 Å². The maximum absolute atomic E-state index is 12.7. The smallest absolute Gasteiger partial charge is 0.308 e. The lowest BCUT2D eigenvalue weighted by Gasteiger charge is -2.13. The first-order valence-corrected chi connectivity index (χ1v) is 12.5. The Kier molecular flexibility index (Phi) is 6.29. The number of amides is 1. The summed E-state index contributed by atoms with van der Waals surface area (Å²) in [6.45, 7) is 2.29. The van der Waals surface area contributed by atoms with E-state index in [1.807, 2.05) is 90.4 Å². The molecule has 2 aromatic heterocycles. The summed E-state index contributed by atoms with van der Waals surface area (Å²) in [5, 5.41) is 12.3. The lowest BCUT2D eigenvalue weighted by Crippen LogP contribution is -2.17. The van der Waals surface area contributed by atoms with Crippen LogP contribution in [0.4, 0.5) is 5.69 Å². The highest BCUT2D eigenvalue weighted by atomic mass is 32.2. The molecule has 9 heteroatoms. The molecule has 0 unspecified atom stereocenters. The number of benzene rings is 3. The van der Waals surface area contributed by atoms with E-state index in [9.17, 15) is 9.59 Å². The summed E-state index contributed by atoms with van der Waals surface area (Å²) < 4.78 is 4.59. The number of aromatic nitrogens is 4. The fourth-order valence-electron chi connectivity index (χ4n) is 3.71. The van der Waals surface area contributed by atoms with Crippen molar-refractivity contribution in [3.8, 4) is 5.69 Å². The van der Waals surface area contributed by atoms with Gasteiger partial charge in [-0.05, 0) is 42.8 Å². The molecule has 0 saturated carbocycles. The van der Waals surface area contributed by atoms with E-state index in [0.717, 1.165) is 27.2 Å². The number of hydrogen-bond donors (Lipinski definition) is 1. The highest BCUT2D eigenvalue weighted by molar-refractivity contribution is 7.99. The Morgan fingerprint density at radius 2 is 1.71 bits per heavy atom. The molecule has 5 rings (SSSR count). The number of carbonyl (C=O) groups is 1. The van der Waals surface area contributed by atoms with E-state index < -0.39 is 0 Å². The highest BCUT2D eigenvalue weighted by Gasteiger charge is 2.19. The number of para-hydroxylation sites is 3. The van der Waals surface area contributed by atoms with Crippen LogP contribution in [-0.4, -0.2) is 31.0 Å². The Bertz CT molecular complexity index is 1520. The van der Waals surface area contributed by atoms with Gasteiger partial charge in [0.1, 0.15) is 0 Å². The SMILES string of the molecule is Cc1ccccc1-n1c(Cn2c(=O)sc3ccccc32)nnc1SCC(=O)Nc1ccccc1. The van der Waals surface area contributed by atoms with Crippen LogP contribution in [0.15, 0.2) is 88.8 Å². The summed E-state index contributed by atoms with van der Waals surface area (Å²) in [7, 11) is 0. The molecule has 7 nitrogen and oxygen atoms in total. The topological polar surface area (TPSA) is 81.8 Å². The molecule has 0 bridgehead atoms. The second kappa shape index (κ2) is 9.66. The number of thioether (sulfide) groups is 1. The Hall–Kier alpha value is -3.69. The van der Waals surface area contributed by atoms with E-state index in [1.165, 1.54) is 23.1 Å². The molecule has 2 heterocycles. The van der Waals surface area contributed by atoms with Gasteiger partial charge >= 0.3 is 4.87 Å². The number of rotatable bonds is 7. The van der Waals surface area contributed by atoms with E-state index in [1.54, 1.807) is 4.57 Å². The standard InChI is InChI=1S/C25H21N5O2S2/c1-17-9-5-6-12-19(17)30-22(15-29-20-13-7-8-14-21(20)34-25(29)32)27-28-24(30)33-16-23(31)26-18-10-3-2-4-11-18/h2-14H,15-16H2,1H3,(H,26,31). The van der Waals surface area contributed by atoms with Crippen molar-refractivity contribution in [1.82, 2.24) is 19.3 Å². The van der Waals surface area contributed by atoms with Gasteiger partial charge in [0.15, 0.2) is 11.0 Å². The maximum Gasteiger partial charge on any atom is 0.308 e. The molecule has 1 N–H and O–H groups in total. The predicted octanol–water partition coefficient (Wildman–Crippen LogP) is 4.73. The molecule has 0 aliphatic rings. The Balaban J connectivity index is 1.47. The molecule has 3 aromatic carbocycles. The predicted molar refractivity (Wildman–Crippen MR) is 137 cm³/mol. The van der Waals surface area contributed by atoms with Crippen molar-refractivity contribution in [2.24, 2.45) is 0 Å². The Labute approximate surface area is 204 Å². The number of fused-ring (bicyclic) bond motifs is 1. The first-order valence-electron chi connectivity index (χ1n) is 10.7. The summed E-state index contributed by atoms with van der Waals surface area (Å²) >= 11 is 2.53. The van der Waals surface area contributed by atoms with E-state index in [4.69, 9.17) is 0 Å². The van der Waals surface area contributed by atoms with Crippen molar-refractivity contribution < 1.29 is 4.79 Å². The largest absolute Gasteiger partial charge is 0.325 e. The zero-order valence-electron chi connectivity index (χ0n) is 18.3. The first-order chi connectivity index (χ1) is 16.6. The number of thiazole rings is 1. The van der Waals surface area contributed by atoms with Crippen molar-refractivity contribution in [1.29, 1.82) is 0 Å². The van der Waals surface area contributed by atoms with Gasteiger partial charge in [-0.2, -0.15) is 0 Å². The van der Waals surface area contributed by atoms with Gasteiger partial charge in [0.05, 0.1) is 28.2 Å². The Morgan fingerprint density at radius 1 is 0.971 bits per heavy atom. The summed E-state index contributed by atoms with van der Waals surface area (Å²) in [5.41, 5.74) is 3.58. The second-order valence-corrected chi connectivity index (χ2v) is 9.58. The third kappa shape index (κ3) is 4.52. The fourth-order valence-corrected chi connectivity index (χ4v) is 5.36. The molecule has 34 heavy (non-hydrogen) atoms. The third-order valence-corrected chi connectivity index (χ3v) is 7.21. The molecule has 0 atom stereocenters. The van der Waals surface area contributed by atoms with Crippen molar-refractivity contribution in [2.75, 3.05) is 11.1 Å². The minimum absolute atomic E-state index is 0.0445. The average molecular weight is 488 g/mol. The zero-order valence-corrected chi connectivity index (χ0v) is 20.0. The van der Waals surface area contributed by atoms with Crippen LogP contribution in [0, 0.1) is 6.92 Å². The molecular weight excluding hydrogens is 466 g/mol. The first kappa shape index (κ1) is 22.1. The zero-order chi connectivity index (χ0) is 23.5. The van der Waals surface area contributed by atoms with Crippen LogP contribution in [0.5, 0.6) is 0 Å². The lowest BCUT2D eigenvalue weighted by molar-refractivity contribution is -0.113. The van der Waals surface area contributed by atoms with Crippen molar-refractivity contribution in [3.63, 3.8) is 0 Å². The normalized spacial score (nSPS) is 11.1. The van der Waals surface area contributed by atoms with Crippen LogP contribution >= 0.6 is 23.1 Å². The van der Waals surface area contributed by atoms with Crippen LogP contribution in [0.1, 0.15) is 11.4 Å². The minimum Gasteiger partial charge on any atom is -0.325 e. The van der Waals surface area contributed by atoms with E-state index in [-0.39, 0.29) is 23.1 Å². The monoisotopic (exact) mass is 487 g/mol. The Morgan fingerprint density at radius 3 is 2.53 bits per heavy atom. The number of hydrogen-bond acceptors (Lipinski definition) is 6. The van der Waals surface area contributed by atoms with Gasteiger partial charge in [0.2, 0.25) is 5.91 Å². The molecule has 170 valence electrons. The van der Waals surface area contributed by atoms with Crippen molar-refractivity contribution in [3.05, 3.63) is 99.9 Å². The van der Waals surface area contributed by atoms with E-state index >= 15 is 0 Å². The molecule has 0 saturated heterocycles. The lowest BCUT2D eigenvalue weighted by atomic mass is 10.2. The molecule has 5 aromatic rings. The van der Waals surface area contributed by atoms with Crippen molar-refractivity contribution in [2.45, 2.75) is 18.6 Å². The highest BCUT2D eigenvalue weighted by Crippen LogP contribution is 2.26. The van der Waals surface area contributed by atoms with E-state index in [0.29, 0.717) is 11.0 Å². The molecule has 0 spiro atoms. The van der Waals surface area contributed by atoms with Crippen molar-refractivity contribution >= 4 is 44.9 Å². The summed E-state index contributed by atoms with van der Waals surface area (Å²) in [5.74, 6) is 0.684. The van der Waals surface area contributed by atoms with Gasteiger partial charge in [0, 0.05) is 5.69 Å². The summed E-state index contributed by atoms with van der Waals surface area (Å²) in [6.07, 6.45) is 0. The molecule has 0 radical (unpaired) electrons. The molecule has 0 aliphatic carbocycles. The van der Waals surface area contributed by atoms with Gasteiger partial charge in [-0.1, -0.05) is 71.6 Å². The van der Waals surface area contributed by atoms with Gasteiger partial charge in [-0.15, -0.1) is 10.2 Å². The van der Waals surface area contributed by atoms with Gasteiger partial charge in [-0.3, -0.25) is 18.7 Å². The number of aryl methyl sites for hydroxylation is 1. The second-order valence-electron chi connectivity index (χ2n) is 7.65. The van der Waals surface area contributed by atoms with Gasteiger partial charge < -0.3 is 5.32 Å². The fraction of sp³-hybridized carbons (Fsp3) is 0.120. The van der Waals surface area contributed by atoms with Crippen LogP contribution in [0.25, 0.3) is 15.9 Å². The number of carbonyl (C=O) groups excluding carboxylic acids is 1. The van der Waals surface area contributed by atoms with Crippen LogP contribution in [-0.2, 0) is 11.3 Å². The molecule has 0 fully saturated rings. The van der Waals surface area contributed by atoms with Crippen LogP contribution in [0.2, 0.25) is 0 Å². The molecule has 0 aliphatic heterocycles. The average Bonchev–Trinajstić information content (AvgIpc) is 3.39. The minimum atomic E-state index is -0.128. The molecule has 1 amide bonds. The number of nitrogens with one attached hydrogen (secondary N) is 1.